The standard InChI is InChI=1S/C19H26N2O6/c1-21(2)18(23)13-9-15(26-3)16(27-4)10-14(13)20-17(22)11-5-7-12(8-6-11)19(24)25/h9-12H,5-8H2,1-4H3,(H,20,22)(H,24,25). The van der Waals surface area contributed by atoms with Gasteiger partial charge in [-0.2, -0.15) is 0 Å². The van der Waals surface area contributed by atoms with Crippen LogP contribution in [0.4, 0.5) is 5.69 Å². The normalized spacial score (nSPS) is 19.1. The maximum atomic E-state index is 12.7. The molecule has 0 aromatic heterocycles. The molecule has 1 fully saturated rings. The van der Waals surface area contributed by atoms with Crippen LogP contribution in [0.1, 0.15) is 36.0 Å². The quantitative estimate of drug-likeness (QED) is 0.786. The average molecular weight is 378 g/mol. The van der Waals surface area contributed by atoms with E-state index in [0.29, 0.717) is 48.4 Å². The van der Waals surface area contributed by atoms with Crippen molar-refractivity contribution < 1.29 is 29.0 Å². The molecule has 0 saturated heterocycles. The molecule has 1 aliphatic carbocycles. The van der Waals surface area contributed by atoms with Crippen molar-refractivity contribution in [2.75, 3.05) is 33.6 Å². The minimum absolute atomic E-state index is 0.223. The predicted octanol–water partition coefficient (Wildman–Crippen LogP) is 2.24. The highest BCUT2D eigenvalue weighted by Crippen LogP contribution is 2.35. The van der Waals surface area contributed by atoms with Gasteiger partial charge in [-0.15, -0.1) is 0 Å². The number of carbonyl (C=O) groups is 3. The average Bonchev–Trinajstić information content (AvgIpc) is 2.66. The second kappa shape index (κ2) is 8.75. The molecule has 0 unspecified atom stereocenters. The number of hydrogen-bond donors (Lipinski definition) is 2. The van der Waals surface area contributed by atoms with Gasteiger partial charge in [-0.3, -0.25) is 14.4 Å². The fourth-order valence-corrected chi connectivity index (χ4v) is 3.24. The Morgan fingerprint density at radius 1 is 1.00 bits per heavy atom. The number of rotatable bonds is 6. The van der Waals surface area contributed by atoms with Gasteiger partial charge in [0.05, 0.1) is 31.4 Å². The Morgan fingerprint density at radius 2 is 1.52 bits per heavy atom. The number of nitrogens with one attached hydrogen (secondary N) is 1. The smallest absolute Gasteiger partial charge is 0.306 e. The van der Waals surface area contributed by atoms with E-state index in [1.165, 1.54) is 25.2 Å². The summed E-state index contributed by atoms with van der Waals surface area (Å²) in [5, 5.41) is 11.9. The van der Waals surface area contributed by atoms with E-state index >= 15 is 0 Å². The molecule has 27 heavy (non-hydrogen) atoms. The number of hydrogen-bond acceptors (Lipinski definition) is 5. The maximum absolute atomic E-state index is 12.7. The van der Waals surface area contributed by atoms with Gasteiger partial charge in [0.2, 0.25) is 5.91 Å². The number of anilines is 1. The summed E-state index contributed by atoms with van der Waals surface area (Å²) in [7, 11) is 6.20. The molecular weight excluding hydrogens is 352 g/mol. The summed E-state index contributed by atoms with van der Waals surface area (Å²) in [6.45, 7) is 0. The second-order valence-electron chi connectivity index (χ2n) is 6.83. The van der Waals surface area contributed by atoms with Crippen LogP contribution in [0.5, 0.6) is 11.5 Å². The van der Waals surface area contributed by atoms with E-state index in [1.54, 1.807) is 20.2 Å². The molecule has 0 atom stereocenters. The second-order valence-corrected chi connectivity index (χ2v) is 6.83. The maximum Gasteiger partial charge on any atom is 0.306 e. The molecule has 148 valence electrons. The van der Waals surface area contributed by atoms with Crippen molar-refractivity contribution in [2.24, 2.45) is 11.8 Å². The lowest BCUT2D eigenvalue weighted by Crippen LogP contribution is -2.30. The summed E-state index contributed by atoms with van der Waals surface area (Å²) in [6, 6.07) is 3.11. The Morgan fingerprint density at radius 3 is 2.00 bits per heavy atom. The van der Waals surface area contributed by atoms with Crippen LogP contribution >= 0.6 is 0 Å². The van der Waals surface area contributed by atoms with Crippen LogP contribution in [0, 0.1) is 11.8 Å². The lowest BCUT2D eigenvalue weighted by atomic mass is 9.81. The van der Waals surface area contributed by atoms with E-state index in [2.05, 4.69) is 5.32 Å². The number of benzene rings is 1. The number of carboxylic acids is 1. The van der Waals surface area contributed by atoms with Crippen LogP contribution in [0.3, 0.4) is 0 Å². The number of ether oxygens (including phenoxy) is 2. The zero-order valence-corrected chi connectivity index (χ0v) is 16.1. The van der Waals surface area contributed by atoms with E-state index in [-0.39, 0.29) is 23.7 Å². The van der Waals surface area contributed by atoms with Crippen LogP contribution in [0.2, 0.25) is 0 Å². The lowest BCUT2D eigenvalue weighted by Gasteiger charge is -2.26. The first-order valence-electron chi connectivity index (χ1n) is 8.79. The third-order valence-electron chi connectivity index (χ3n) is 4.87. The van der Waals surface area contributed by atoms with E-state index < -0.39 is 5.97 Å². The van der Waals surface area contributed by atoms with Crippen molar-refractivity contribution in [3.8, 4) is 11.5 Å². The molecule has 2 N–H and O–H groups in total. The molecule has 1 aromatic carbocycles. The molecular formula is C19H26N2O6. The topological polar surface area (TPSA) is 105 Å². The molecule has 2 rings (SSSR count). The SMILES string of the molecule is COc1cc(NC(=O)C2CCC(C(=O)O)CC2)c(C(=O)N(C)C)cc1OC. The summed E-state index contributed by atoms with van der Waals surface area (Å²) < 4.78 is 10.5. The number of aliphatic carboxylic acids is 1. The minimum atomic E-state index is -0.812. The van der Waals surface area contributed by atoms with Gasteiger partial charge in [0.15, 0.2) is 11.5 Å². The number of carboxylic acid groups (broad SMARTS) is 1. The van der Waals surface area contributed by atoms with Crippen LogP contribution < -0.4 is 14.8 Å². The third kappa shape index (κ3) is 4.69. The number of nitrogens with zero attached hydrogens (tertiary/aromatic N) is 1. The summed E-state index contributed by atoms with van der Waals surface area (Å²) >= 11 is 0. The van der Waals surface area contributed by atoms with Gasteiger partial charge in [-0.05, 0) is 31.7 Å². The molecule has 0 bridgehead atoms. The molecule has 8 heteroatoms. The Kier molecular flexibility index (Phi) is 6.65. The Hall–Kier alpha value is -2.77. The molecule has 1 aromatic rings. The Labute approximate surface area is 158 Å². The van der Waals surface area contributed by atoms with E-state index in [9.17, 15) is 14.4 Å². The van der Waals surface area contributed by atoms with Crippen molar-refractivity contribution in [3.63, 3.8) is 0 Å². The summed E-state index contributed by atoms with van der Waals surface area (Å²) in [5.74, 6) is -1.19. The van der Waals surface area contributed by atoms with Crippen LogP contribution in [-0.4, -0.2) is 56.1 Å². The van der Waals surface area contributed by atoms with E-state index in [0.717, 1.165) is 0 Å². The molecule has 0 aliphatic heterocycles. The number of carbonyl (C=O) groups excluding carboxylic acids is 2. The van der Waals surface area contributed by atoms with Gasteiger partial charge >= 0.3 is 5.97 Å². The zero-order valence-electron chi connectivity index (χ0n) is 16.1. The summed E-state index contributed by atoms with van der Waals surface area (Å²) in [5.41, 5.74) is 0.641. The van der Waals surface area contributed by atoms with Crippen molar-refractivity contribution >= 4 is 23.5 Å². The minimum Gasteiger partial charge on any atom is -0.493 e. The summed E-state index contributed by atoms with van der Waals surface area (Å²) in [4.78, 5) is 37.7. The monoisotopic (exact) mass is 378 g/mol. The van der Waals surface area contributed by atoms with Crippen LogP contribution in [-0.2, 0) is 9.59 Å². The van der Waals surface area contributed by atoms with Gasteiger partial charge in [-0.25, -0.2) is 0 Å². The van der Waals surface area contributed by atoms with Crippen LogP contribution in [0.25, 0.3) is 0 Å². The first-order chi connectivity index (χ1) is 12.8. The van der Waals surface area contributed by atoms with Crippen LogP contribution in [0.15, 0.2) is 12.1 Å². The highest BCUT2D eigenvalue weighted by molar-refractivity contribution is 6.04. The highest BCUT2D eigenvalue weighted by atomic mass is 16.5. The first kappa shape index (κ1) is 20.5. The zero-order chi connectivity index (χ0) is 20.1. The fourth-order valence-electron chi connectivity index (χ4n) is 3.24. The molecule has 0 spiro atoms. The first-order valence-corrected chi connectivity index (χ1v) is 8.79. The number of methoxy groups -OCH3 is 2. The molecule has 1 saturated carbocycles. The van der Waals surface area contributed by atoms with Gasteiger partial charge in [0.1, 0.15) is 0 Å². The Bertz CT molecular complexity index is 723. The molecule has 8 nitrogen and oxygen atoms in total. The van der Waals surface area contributed by atoms with Crippen molar-refractivity contribution in [1.29, 1.82) is 0 Å². The van der Waals surface area contributed by atoms with Crippen molar-refractivity contribution in [1.82, 2.24) is 4.90 Å². The summed E-state index contributed by atoms with van der Waals surface area (Å²) in [6.07, 6.45) is 1.96. The van der Waals surface area contributed by atoms with Crippen molar-refractivity contribution in [3.05, 3.63) is 17.7 Å². The molecule has 0 radical (unpaired) electrons. The molecule has 1 aliphatic rings. The third-order valence-corrected chi connectivity index (χ3v) is 4.87. The van der Waals surface area contributed by atoms with Gasteiger partial charge in [0.25, 0.3) is 5.91 Å². The van der Waals surface area contributed by atoms with E-state index in [4.69, 9.17) is 14.6 Å². The van der Waals surface area contributed by atoms with E-state index in [1.807, 2.05) is 0 Å². The fraction of sp³-hybridized carbons (Fsp3) is 0.526. The number of amides is 2. The van der Waals surface area contributed by atoms with Gasteiger partial charge < -0.3 is 24.8 Å². The predicted molar refractivity (Wildman–Crippen MR) is 99.3 cm³/mol. The lowest BCUT2D eigenvalue weighted by molar-refractivity contribution is -0.143. The largest absolute Gasteiger partial charge is 0.493 e. The van der Waals surface area contributed by atoms with Gasteiger partial charge in [0, 0.05) is 26.1 Å². The highest BCUT2D eigenvalue weighted by Gasteiger charge is 2.30. The molecule has 0 heterocycles. The molecule has 2 amide bonds. The Balaban J connectivity index is 2.24. The van der Waals surface area contributed by atoms with Crippen molar-refractivity contribution in [2.45, 2.75) is 25.7 Å². The van der Waals surface area contributed by atoms with Gasteiger partial charge in [-0.1, -0.05) is 0 Å².